The van der Waals surface area contributed by atoms with Crippen molar-refractivity contribution in [2.45, 2.75) is 26.8 Å². The second-order valence-electron chi connectivity index (χ2n) is 7.02. The number of nitro groups is 1. The molecule has 9 nitrogen and oxygen atoms in total. The number of nitrogens with one attached hydrogen (secondary N) is 2. The van der Waals surface area contributed by atoms with Crippen LogP contribution in [-0.4, -0.2) is 46.7 Å². The van der Waals surface area contributed by atoms with Gasteiger partial charge in [0.1, 0.15) is 6.54 Å². The Kier molecular flexibility index (Phi) is 7.62. The summed E-state index contributed by atoms with van der Waals surface area (Å²) in [5.74, 6) is -1.30. The average Bonchev–Trinajstić information content (AvgIpc) is 2.71. The number of carbonyl (C=O) groups is 3. The zero-order valence-electron chi connectivity index (χ0n) is 17.0. The molecule has 0 aliphatic rings. The Labute approximate surface area is 174 Å². The van der Waals surface area contributed by atoms with E-state index in [1.54, 1.807) is 26.0 Å². The van der Waals surface area contributed by atoms with Crippen molar-refractivity contribution in [3.63, 3.8) is 0 Å². The van der Waals surface area contributed by atoms with E-state index < -0.39 is 16.7 Å². The molecule has 0 unspecified atom stereocenters. The molecule has 0 bridgehead atoms. The third-order valence-corrected chi connectivity index (χ3v) is 4.30. The van der Waals surface area contributed by atoms with Gasteiger partial charge in [0, 0.05) is 29.4 Å². The van der Waals surface area contributed by atoms with Crippen LogP contribution in [-0.2, 0) is 9.59 Å². The molecule has 2 N–H and O–H groups in total. The number of hydrogen-bond donors (Lipinski definition) is 2. The summed E-state index contributed by atoms with van der Waals surface area (Å²) >= 11 is 0. The van der Waals surface area contributed by atoms with E-state index in [-0.39, 0.29) is 36.3 Å². The fourth-order valence-electron chi connectivity index (χ4n) is 2.61. The molecule has 0 radical (unpaired) electrons. The maximum absolute atomic E-state index is 12.7. The van der Waals surface area contributed by atoms with Crippen molar-refractivity contribution >= 4 is 29.1 Å². The second kappa shape index (κ2) is 10.1. The van der Waals surface area contributed by atoms with E-state index in [1.165, 1.54) is 29.2 Å². The minimum Gasteiger partial charge on any atom is -0.345 e. The molecule has 0 aromatic heterocycles. The van der Waals surface area contributed by atoms with E-state index in [9.17, 15) is 24.5 Å². The highest BCUT2D eigenvalue weighted by Crippen LogP contribution is 2.15. The molecule has 9 heteroatoms. The monoisotopic (exact) mass is 412 g/mol. The van der Waals surface area contributed by atoms with Gasteiger partial charge in [-0.15, -0.1) is 0 Å². The first-order chi connectivity index (χ1) is 14.2. The van der Waals surface area contributed by atoms with Crippen LogP contribution >= 0.6 is 0 Å². The van der Waals surface area contributed by atoms with Crippen LogP contribution in [0.15, 0.2) is 48.5 Å². The Balaban J connectivity index is 1.92. The number of nitrogens with zero attached hydrogens (tertiary/aromatic N) is 2. The van der Waals surface area contributed by atoms with Crippen molar-refractivity contribution in [2.24, 2.45) is 0 Å². The van der Waals surface area contributed by atoms with Gasteiger partial charge in [0.25, 0.3) is 11.6 Å². The highest BCUT2D eigenvalue weighted by Gasteiger charge is 2.22. The number of carbonyl (C=O) groups excluding carboxylic acids is 3. The number of hydrogen-bond acceptors (Lipinski definition) is 5. The summed E-state index contributed by atoms with van der Waals surface area (Å²) < 4.78 is 0. The van der Waals surface area contributed by atoms with Crippen LogP contribution in [0.5, 0.6) is 0 Å². The number of non-ortho nitro benzene ring substituents is 1. The van der Waals surface area contributed by atoms with Crippen molar-refractivity contribution < 1.29 is 19.3 Å². The molecular formula is C21H24N4O5. The van der Waals surface area contributed by atoms with Gasteiger partial charge < -0.3 is 15.5 Å². The zero-order chi connectivity index (χ0) is 22.3. The topological polar surface area (TPSA) is 122 Å². The first kappa shape index (κ1) is 22.5. The van der Waals surface area contributed by atoms with Gasteiger partial charge in [-0.2, -0.15) is 0 Å². The van der Waals surface area contributed by atoms with Gasteiger partial charge >= 0.3 is 0 Å². The van der Waals surface area contributed by atoms with Gasteiger partial charge in [-0.3, -0.25) is 24.5 Å². The van der Waals surface area contributed by atoms with Gasteiger partial charge in [-0.25, -0.2) is 0 Å². The van der Waals surface area contributed by atoms with E-state index in [0.717, 1.165) is 5.56 Å². The van der Waals surface area contributed by atoms with E-state index in [1.807, 2.05) is 19.1 Å². The number of aryl methyl sites for hydroxylation is 1. The Bertz CT molecular complexity index is 923. The minimum atomic E-state index is -0.552. The van der Waals surface area contributed by atoms with Crippen molar-refractivity contribution in [1.29, 1.82) is 0 Å². The van der Waals surface area contributed by atoms with Crippen molar-refractivity contribution in [3.8, 4) is 0 Å². The largest absolute Gasteiger partial charge is 0.345 e. The second-order valence-corrected chi connectivity index (χ2v) is 7.02. The molecule has 158 valence electrons. The molecule has 0 heterocycles. The average molecular weight is 412 g/mol. The van der Waals surface area contributed by atoms with Crippen LogP contribution in [0.1, 0.15) is 29.8 Å². The molecule has 0 saturated carbocycles. The highest BCUT2D eigenvalue weighted by atomic mass is 16.6. The number of nitro benzene ring substituents is 1. The lowest BCUT2D eigenvalue weighted by Gasteiger charge is -2.26. The third-order valence-electron chi connectivity index (χ3n) is 4.30. The molecule has 0 fully saturated rings. The van der Waals surface area contributed by atoms with Crippen LogP contribution in [0, 0.1) is 17.0 Å². The molecule has 2 aromatic rings. The molecule has 0 saturated heterocycles. The van der Waals surface area contributed by atoms with Crippen LogP contribution in [0.2, 0.25) is 0 Å². The van der Waals surface area contributed by atoms with Crippen LogP contribution < -0.4 is 10.6 Å². The number of rotatable bonds is 8. The molecule has 0 aliphatic heterocycles. The Morgan fingerprint density at radius 3 is 2.13 bits per heavy atom. The van der Waals surface area contributed by atoms with Gasteiger partial charge in [0.2, 0.25) is 11.8 Å². The molecule has 0 spiro atoms. The summed E-state index contributed by atoms with van der Waals surface area (Å²) in [5.41, 5.74) is 1.80. The summed E-state index contributed by atoms with van der Waals surface area (Å²) in [6.07, 6.45) is 0. The Morgan fingerprint density at radius 2 is 1.60 bits per heavy atom. The van der Waals surface area contributed by atoms with Gasteiger partial charge in [-0.05, 0) is 45.0 Å². The summed E-state index contributed by atoms with van der Waals surface area (Å²) in [4.78, 5) is 48.5. The molecule has 0 atom stereocenters. The van der Waals surface area contributed by atoms with Crippen molar-refractivity contribution in [3.05, 3.63) is 69.8 Å². The normalized spacial score (nSPS) is 10.4. The highest BCUT2D eigenvalue weighted by molar-refractivity contribution is 5.98. The fraction of sp³-hybridized carbons (Fsp3) is 0.286. The van der Waals surface area contributed by atoms with Gasteiger partial charge in [-0.1, -0.05) is 17.7 Å². The maximum Gasteiger partial charge on any atom is 0.269 e. The van der Waals surface area contributed by atoms with Crippen molar-refractivity contribution in [1.82, 2.24) is 10.2 Å². The lowest BCUT2D eigenvalue weighted by molar-refractivity contribution is -0.384. The number of benzene rings is 2. The summed E-state index contributed by atoms with van der Waals surface area (Å²) in [6.45, 7) is 4.96. The number of anilines is 1. The summed E-state index contributed by atoms with van der Waals surface area (Å²) in [7, 11) is 0. The van der Waals surface area contributed by atoms with Crippen LogP contribution in [0.3, 0.4) is 0 Å². The SMILES string of the molecule is Cc1ccc(NC(=O)CNC(=O)CN(C(=O)c2ccc([N+](=O)[O-])cc2)C(C)C)cc1. The minimum absolute atomic E-state index is 0.125. The van der Waals surface area contributed by atoms with Crippen molar-refractivity contribution in [2.75, 3.05) is 18.4 Å². The van der Waals surface area contributed by atoms with Crippen LogP contribution in [0.25, 0.3) is 0 Å². The summed E-state index contributed by atoms with van der Waals surface area (Å²) in [6, 6.07) is 12.1. The smallest absolute Gasteiger partial charge is 0.269 e. The molecule has 0 aliphatic carbocycles. The lowest BCUT2D eigenvalue weighted by Crippen LogP contribution is -2.45. The molecule has 3 amide bonds. The summed E-state index contributed by atoms with van der Waals surface area (Å²) in [5, 5.41) is 15.9. The Morgan fingerprint density at radius 1 is 1.00 bits per heavy atom. The maximum atomic E-state index is 12.7. The first-order valence-electron chi connectivity index (χ1n) is 9.36. The van der Waals surface area contributed by atoms with E-state index in [2.05, 4.69) is 10.6 Å². The van der Waals surface area contributed by atoms with E-state index >= 15 is 0 Å². The third kappa shape index (κ3) is 6.40. The molecule has 30 heavy (non-hydrogen) atoms. The first-order valence-corrected chi connectivity index (χ1v) is 9.36. The van der Waals surface area contributed by atoms with Gasteiger partial charge in [0.05, 0.1) is 11.5 Å². The predicted molar refractivity (Wildman–Crippen MR) is 112 cm³/mol. The molecule has 2 aromatic carbocycles. The zero-order valence-corrected chi connectivity index (χ0v) is 17.0. The van der Waals surface area contributed by atoms with Crippen LogP contribution in [0.4, 0.5) is 11.4 Å². The number of amides is 3. The van der Waals surface area contributed by atoms with E-state index in [0.29, 0.717) is 5.69 Å². The molecule has 2 rings (SSSR count). The predicted octanol–water partition coefficient (Wildman–Crippen LogP) is 2.51. The lowest BCUT2D eigenvalue weighted by atomic mass is 10.1. The standard InChI is InChI=1S/C21H24N4O5/c1-14(2)24(21(28)16-6-10-18(11-7-16)25(29)30)13-20(27)22-12-19(26)23-17-8-4-15(3)5-9-17/h4-11,14H,12-13H2,1-3H3,(H,22,27)(H,23,26). The van der Waals surface area contributed by atoms with E-state index in [4.69, 9.17) is 0 Å². The quantitative estimate of drug-likeness (QED) is 0.510. The fourth-order valence-corrected chi connectivity index (χ4v) is 2.61. The molecular weight excluding hydrogens is 388 g/mol. The van der Waals surface area contributed by atoms with Gasteiger partial charge in [0.15, 0.2) is 0 Å². The Hall–Kier alpha value is -3.75.